The number of furan rings is 1. The lowest BCUT2D eigenvalue weighted by Crippen LogP contribution is -1.95. The molecule has 3 heteroatoms. The van der Waals surface area contributed by atoms with Crippen molar-refractivity contribution in [3.63, 3.8) is 0 Å². The zero-order valence-corrected chi connectivity index (χ0v) is 30.8. The maximum absolute atomic E-state index is 7.07. The summed E-state index contributed by atoms with van der Waals surface area (Å²) in [6, 6.07) is 70.5. The van der Waals surface area contributed by atoms with Gasteiger partial charge in [0.1, 0.15) is 5.58 Å². The summed E-state index contributed by atoms with van der Waals surface area (Å²) in [5.74, 6) is 0. The molecule has 0 amide bonds. The highest BCUT2D eigenvalue weighted by Gasteiger charge is 2.26. The fourth-order valence-corrected chi connectivity index (χ4v) is 10.0. The van der Waals surface area contributed by atoms with Crippen molar-refractivity contribution in [2.45, 2.75) is 0 Å². The summed E-state index contributed by atoms with van der Waals surface area (Å²) in [6.07, 6.45) is 0. The Kier molecular flexibility index (Phi) is 6.16. The van der Waals surface area contributed by atoms with Crippen molar-refractivity contribution in [2.24, 2.45) is 0 Å². The summed E-state index contributed by atoms with van der Waals surface area (Å²) in [6.45, 7) is 0. The van der Waals surface area contributed by atoms with E-state index in [1.165, 1.54) is 70.5 Å². The first-order valence-corrected chi connectivity index (χ1v) is 19.6. The largest absolute Gasteiger partial charge is 0.454 e. The molecule has 3 aromatic heterocycles. The molecule has 10 aromatic carbocycles. The Morgan fingerprint density at radius 2 is 0.842 bits per heavy atom. The minimum atomic E-state index is 0.894. The lowest BCUT2D eigenvalue weighted by Gasteiger charge is -2.15. The molecule has 0 aliphatic rings. The van der Waals surface area contributed by atoms with Gasteiger partial charge in [-0.2, -0.15) is 0 Å². The predicted molar refractivity (Wildman–Crippen MR) is 240 cm³/mol. The standard InChI is InChI=1S/C54H32N2O/c1-2-17-34(18-3-1)55-44-28-11-8-24-41(44)48-36(27-15-30-46(48)55)33-16-14-19-35(32-33)56-45-29-12-9-25-42(45)51-49-39-22-6-4-20-37(39)38-21-5-7-23-40(38)50(49)52-43-26-10-13-31-47(43)57-54(52)53(51)56/h1-32H. The quantitative estimate of drug-likeness (QED) is 0.166. The van der Waals surface area contributed by atoms with E-state index in [-0.39, 0.29) is 0 Å². The Labute approximate surface area is 326 Å². The maximum atomic E-state index is 7.07. The third kappa shape index (κ3) is 4.10. The molecule has 0 fully saturated rings. The van der Waals surface area contributed by atoms with Crippen LogP contribution >= 0.6 is 0 Å². The van der Waals surface area contributed by atoms with Crippen molar-refractivity contribution in [3.8, 4) is 22.5 Å². The highest BCUT2D eigenvalue weighted by atomic mass is 16.3. The highest BCUT2D eigenvalue weighted by molar-refractivity contribution is 6.44. The normalized spacial score (nSPS) is 12.2. The highest BCUT2D eigenvalue weighted by Crippen LogP contribution is 2.50. The summed E-state index contributed by atoms with van der Waals surface area (Å²) >= 11 is 0. The van der Waals surface area contributed by atoms with Crippen molar-refractivity contribution in [3.05, 3.63) is 194 Å². The number of nitrogens with zero attached hydrogens (tertiary/aromatic N) is 2. The van der Waals surface area contributed by atoms with Gasteiger partial charge in [0.05, 0.1) is 22.1 Å². The third-order valence-corrected chi connectivity index (χ3v) is 12.2. The van der Waals surface area contributed by atoms with Crippen molar-refractivity contribution in [2.75, 3.05) is 0 Å². The number of fused-ring (bicyclic) bond motifs is 18. The number of hydrogen-bond donors (Lipinski definition) is 0. The van der Waals surface area contributed by atoms with E-state index < -0.39 is 0 Å². The molecule has 0 aliphatic carbocycles. The van der Waals surface area contributed by atoms with Gasteiger partial charge in [-0.05, 0) is 81.2 Å². The summed E-state index contributed by atoms with van der Waals surface area (Å²) in [5, 5.41) is 14.7. The molecular weight excluding hydrogens is 693 g/mol. The zero-order valence-electron chi connectivity index (χ0n) is 30.8. The Morgan fingerprint density at radius 3 is 1.58 bits per heavy atom. The fraction of sp³-hybridized carbons (Fsp3) is 0. The smallest absolute Gasteiger partial charge is 0.160 e. The molecule has 0 spiro atoms. The van der Waals surface area contributed by atoms with E-state index in [2.05, 4.69) is 203 Å². The molecule has 0 saturated heterocycles. The Bertz CT molecular complexity index is 3810. The van der Waals surface area contributed by atoms with Crippen LogP contribution in [0.5, 0.6) is 0 Å². The summed E-state index contributed by atoms with van der Waals surface area (Å²) < 4.78 is 11.9. The van der Waals surface area contributed by atoms with E-state index in [1.807, 2.05) is 0 Å². The first kappa shape index (κ1) is 30.7. The van der Waals surface area contributed by atoms with Crippen LogP contribution in [-0.2, 0) is 0 Å². The van der Waals surface area contributed by atoms with Crippen LogP contribution in [-0.4, -0.2) is 9.13 Å². The van der Waals surface area contributed by atoms with Gasteiger partial charge in [0.15, 0.2) is 5.58 Å². The average molecular weight is 725 g/mol. The molecule has 13 aromatic rings. The Morgan fingerprint density at radius 1 is 0.316 bits per heavy atom. The molecule has 264 valence electrons. The molecule has 57 heavy (non-hydrogen) atoms. The summed E-state index contributed by atoms with van der Waals surface area (Å²) in [4.78, 5) is 0. The first-order valence-electron chi connectivity index (χ1n) is 19.6. The van der Waals surface area contributed by atoms with E-state index in [0.717, 1.165) is 49.9 Å². The van der Waals surface area contributed by atoms with Gasteiger partial charge in [-0.15, -0.1) is 0 Å². The van der Waals surface area contributed by atoms with Crippen LogP contribution in [0.15, 0.2) is 199 Å². The first-order chi connectivity index (χ1) is 28.3. The van der Waals surface area contributed by atoms with Gasteiger partial charge in [0.25, 0.3) is 0 Å². The van der Waals surface area contributed by atoms with Crippen LogP contribution in [0.25, 0.3) is 120 Å². The summed E-state index contributed by atoms with van der Waals surface area (Å²) in [5.41, 5.74) is 11.0. The van der Waals surface area contributed by atoms with Crippen LogP contribution in [0.3, 0.4) is 0 Å². The van der Waals surface area contributed by atoms with E-state index in [4.69, 9.17) is 4.42 Å². The van der Waals surface area contributed by atoms with Crippen LogP contribution in [0.1, 0.15) is 0 Å². The monoisotopic (exact) mass is 724 g/mol. The molecule has 3 nitrogen and oxygen atoms in total. The van der Waals surface area contributed by atoms with Crippen LogP contribution in [0.4, 0.5) is 0 Å². The maximum Gasteiger partial charge on any atom is 0.160 e. The van der Waals surface area contributed by atoms with Gasteiger partial charge in [-0.3, -0.25) is 0 Å². The Hall–Kier alpha value is -7.62. The molecule has 0 atom stereocenters. The second kappa shape index (κ2) is 11.5. The van der Waals surface area contributed by atoms with Crippen LogP contribution in [0, 0.1) is 0 Å². The van der Waals surface area contributed by atoms with Crippen LogP contribution in [0.2, 0.25) is 0 Å². The molecule has 0 radical (unpaired) electrons. The van der Waals surface area contributed by atoms with Crippen LogP contribution < -0.4 is 0 Å². The molecular formula is C54H32N2O. The molecule has 13 rings (SSSR count). The number of hydrogen-bond acceptors (Lipinski definition) is 1. The van der Waals surface area contributed by atoms with Crippen molar-refractivity contribution in [1.82, 2.24) is 9.13 Å². The van der Waals surface area contributed by atoms with Gasteiger partial charge in [0, 0.05) is 54.5 Å². The number of benzene rings is 10. The van der Waals surface area contributed by atoms with E-state index in [9.17, 15) is 0 Å². The fourth-order valence-electron chi connectivity index (χ4n) is 10.0. The SMILES string of the molecule is c1ccc(-n2c3ccccc3c3c(-c4cccc(-n5c6ccccc6c6c7c8ccccc8c8ccccc8c7c7c8ccccc8oc7c65)c4)cccc32)cc1. The van der Waals surface area contributed by atoms with E-state index in [1.54, 1.807) is 0 Å². The van der Waals surface area contributed by atoms with Crippen molar-refractivity contribution >= 4 is 97.9 Å². The van der Waals surface area contributed by atoms with Crippen molar-refractivity contribution in [1.29, 1.82) is 0 Å². The molecule has 0 bridgehead atoms. The minimum Gasteiger partial charge on any atom is -0.454 e. The lowest BCUT2D eigenvalue weighted by atomic mass is 9.89. The number of aromatic nitrogens is 2. The Balaban J connectivity index is 1.19. The predicted octanol–water partition coefficient (Wildman–Crippen LogP) is 14.9. The van der Waals surface area contributed by atoms with Gasteiger partial charge in [-0.1, -0.05) is 146 Å². The van der Waals surface area contributed by atoms with E-state index in [0.29, 0.717) is 0 Å². The third-order valence-electron chi connectivity index (χ3n) is 12.2. The molecule has 0 saturated carbocycles. The second-order valence-electron chi connectivity index (χ2n) is 15.2. The lowest BCUT2D eigenvalue weighted by molar-refractivity contribution is 0.671. The molecule has 0 aliphatic heterocycles. The van der Waals surface area contributed by atoms with Gasteiger partial charge in [0.2, 0.25) is 0 Å². The second-order valence-corrected chi connectivity index (χ2v) is 15.2. The number of rotatable bonds is 3. The van der Waals surface area contributed by atoms with Gasteiger partial charge in [-0.25, -0.2) is 0 Å². The topological polar surface area (TPSA) is 23.0 Å². The van der Waals surface area contributed by atoms with E-state index >= 15 is 0 Å². The number of para-hydroxylation sites is 4. The summed E-state index contributed by atoms with van der Waals surface area (Å²) in [7, 11) is 0. The molecule has 0 unspecified atom stereocenters. The molecule has 3 heterocycles. The van der Waals surface area contributed by atoms with Gasteiger partial charge < -0.3 is 13.6 Å². The van der Waals surface area contributed by atoms with Gasteiger partial charge >= 0.3 is 0 Å². The zero-order chi connectivity index (χ0) is 37.2. The minimum absolute atomic E-state index is 0.894. The molecule has 0 N–H and O–H groups in total. The average Bonchev–Trinajstić information content (AvgIpc) is 3.95. The van der Waals surface area contributed by atoms with Crippen molar-refractivity contribution < 1.29 is 4.42 Å².